The molecule has 1 heterocycles. The van der Waals surface area contributed by atoms with Crippen LogP contribution in [0.25, 0.3) is 0 Å². The van der Waals surface area contributed by atoms with E-state index in [2.05, 4.69) is 0 Å². The van der Waals surface area contributed by atoms with Gasteiger partial charge < -0.3 is 9.66 Å². The number of hydrogen-bond donors (Lipinski definition) is 1. The molecule has 1 aliphatic heterocycles. The summed E-state index contributed by atoms with van der Waals surface area (Å²) in [5.74, 6) is 0.621. The van der Waals surface area contributed by atoms with Crippen LogP contribution in [0.1, 0.15) is 12.0 Å². The molecule has 0 bridgehead atoms. The first-order valence-electron chi connectivity index (χ1n) is 5.38. The standard InChI is InChI=1S/C12H17NO2S/c1-13(2)12(9-14)7-8-16(15)11-6-4-3-5-10(11)12/h3-6,14H,7-9H2,1-2H3. The average Bonchev–Trinajstić information content (AvgIpc) is 2.30. The number of likely N-dealkylation sites (N-methyl/N-ethyl adjacent to an activating group) is 1. The van der Waals surface area contributed by atoms with Crippen LogP contribution in [0.4, 0.5) is 0 Å². The van der Waals surface area contributed by atoms with Gasteiger partial charge >= 0.3 is 0 Å². The maximum absolute atomic E-state index is 11.9. The smallest absolute Gasteiger partial charge is 0.157 e. The van der Waals surface area contributed by atoms with Crippen LogP contribution in [-0.2, 0) is 16.7 Å². The predicted octanol–water partition coefficient (Wildman–Crippen LogP) is 0.947. The van der Waals surface area contributed by atoms with Gasteiger partial charge in [-0.15, -0.1) is 0 Å². The number of nitrogens with zero attached hydrogens (tertiary/aromatic N) is 1. The predicted molar refractivity (Wildman–Crippen MR) is 64.8 cm³/mol. The third-order valence-electron chi connectivity index (χ3n) is 3.45. The zero-order valence-electron chi connectivity index (χ0n) is 9.64. The topological polar surface area (TPSA) is 46.5 Å². The molecule has 2 atom stereocenters. The van der Waals surface area contributed by atoms with Crippen molar-refractivity contribution in [1.82, 2.24) is 4.90 Å². The van der Waals surface area contributed by atoms with Gasteiger partial charge in [-0.3, -0.25) is 4.90 Å². The van der Waals surface area contributed by atoms with Crippen molar-refractivity contribution in [2.24, 2.45) is 0 Å². The monoisotopic (exact) mass is 239 g/mol. The summed E-state index contributed by atoms with van der Waals surface area (Å²) in [5, 5.41) is 9.70. The molecule has 3 nitrogen and oxygen atoms in total. The first-order valence-corrected chi connectivity index (χ1v) is 6.70. The molecule has 0 fully saturated rings. The fourth-order valence-electron chi connectivity index (χ4n) is 2.33. The molecule has 2 unspecified atom stereocenters. The summed E-state index contributed by atoms with van der Waals surface area (Å²) in [6.45, 7) is 0.0637. The highest BCUT2D eigenvalue weighted by Gasteiger charge is 2.43. The zero-order chi connectivity index (χ0) is 11.8. The molecule has 0 aromatic heterocycles. The van der Waals surface area contributed by atoms with Gasteiger partial charge in [-0.25, -0.2) is 0 Å². The van der Waals surface area contributed by atoms with Crippen LogP contribution in [-0.4, -0.2) is 41.0 Å². The van der Waals surface area contributed by atoms with Gasteiger partial charge in [0, 0.05) is 12.0 Å². The summed E-state index contributed by atoms with van der Waals surface area (Å²) in [6, 6.07) is 7.72. The molecule has 0 saturated heterocycles. The molecule has 0 aliphatic carbocycles. The van der Waals surface area contributed by atoms with Gasteiger partial charge in [-0.1, -0.05) is 18.2 Å². The molecule has 0 amide bonds. The van der Waals surface area contributed by atoms with E-state index in [0.29, 0.717) is 5.75 Å². The van der Waals surface area contributed by atoms with Crippen molar-refractivity contribution in [2.45, 2.75) is 16.9 Å². The Labute approximate surface area is 99.3 Å². The number of benzene rings is 1. The van der Waals surface area contributed by atoms with Crippen LogP contribution in [0.3, 0.4) is 0 Å². The Balaban J connectivity index is 2.56. The van der Waals surface area contributed by atoms with Crippen LogP contribution < -0.4 is 0 Å². The third kappa shape index (κ3) is 1.66. The summed E-state index contributed by atoms with van der Waals surface area (Å²) in [4.78, 5) is 2.90. The molecular formula is C12H17NO2S. The largest absolute Gasteiger partial charge is 0.611 e. The van der Waals surface area contributed by atoms with Gasteiger partial charge in [0.15, 0.2) is 4.90 Å². The minimum Gasteiger partial charge on any atom is -0.611 e. The minimum absolute atomic E-state index is 0.0637. The van der Waals surface area contributed by atoms with E-state index in [1.54, 1.807) is 0 Å². The molecule has 2 rings (SSSR count). The molecule has 0 saturated carbocycles. The normalized spacial score (nSPS) is 29.2. The van der Waals surface area contributed by atoms with E-state index in [1.165, 1.54) is 0 Å². The second-order valence-electron chi connectivity index (χ2n) is 4.38. The van der Waals surface area contributed by atoms with Crippen LogP contribution in [0.2, 0.25) is 0 Å². The average molecular weight is 239 g/mol. The number of fused-ring (bicyclic) bond motifs is 1. The molecule has 16 heavy (non-hydrogen) atoms. The highest BCUT2D eigenvalue weighted by Crippen LogP contribution is 2.39. The second kappa shape index (κ2) is 4.37. The molecule has 1 aromatic carbocycles. The maximum atomic E-state index is 11.9. The van der Waals surface area contributed by atoms with Crippen LogP contribution >= 0.6 is 0 Å². The van der Waals surface area contributed by atoms with E-state index in [0.717, 1.165) is 16.9 Å². The van der Waals surface area contributed by atoms with Crippen molar-refractivity contribution in [3.05, 3.63) is 29.8 Å². The van der Waals surface area contributed by atoms with Crippen molar-refractivity contribution < 1.29 is 9.66 Å². The third-order valence-corrected chi connectivity index (χ3v) is 4.87. The first-order chi connectivity index (χ1) is 7.62. The maximum Gasteiger partial charge on any atom is 0.157 e. The second-order valence-corrected chi connectivity index (χ2v) is 5.92. The van der Waals surface area contributed by atoms with E-state index in [1.807, 2.05) is 43.3 Å². The van der Waals surface area contributed by atoms with Gasteiger partial charge in [0.1, 0.15) is 5.75 Å². The Hall–Kier alpha value is -0.550. The van der Waals surface area contributed by atoms with Gasteiger partial charge in [0.25, 0.3) is 0 Å². The number of hydrogen-bond acceptors (Lipinski definition) is 3. The Morgan fingerprint density at radius 3 is 2.75 bits per heavy atom. The lowest BCUT2D eigenvalue weighted by atomic mass is 9.86. The molecule has 4 heteroatoms. The fourth-order valence-corrected chi connectivity index (χ4v) is 3.80. The molecule has 0 spiro atoms. The van der Waals surface area contributed by atoms with E-state index >= 15 is 0 Å². The van der Waals surface area contributed by atoms with Crippen LogP contribution in [0.15, 0.2) is 29.2 Å². The van der Waals surface area contributed by atoms with E-state index in [-0.39, 0.29) is 12.1 Å². The number of aliphatic hydroxyl groups is 1. The Bertz CT molecular complexity index is 383. The zero-order valence-corrected chi connectivity index (χ0v) is 10.5. The van der Waals surface area contributed by atoms with Crippen LogP contribution in [0, 0.1) is 0 Å². The minimum atomic E-state index is -0.918. The van der Waals surface area contributed by atoms with Crippen molar-refractivity contribution in [1.29, 1.82) is 0 Å². The summed E-state index contributed by atoms with van der Waals surface area (Å²) in [7, 11) is 3.92. The van der Waals surface area contributed by atoms with Gasteiger partial charge in [0.05, 0.1) is 12.1 Å². The van der Waals surface area contributed by atoms with Crippen molar-refractivity contribution in [2.75, 3.05) is 26.5 Å². The fraction of sp³-hybridized carbons (Fsp3) is 0.500. The van der Waals surface area contributed by atoms with Crippen molar-refractivity contribution in [3.63, 3.8) is 0 Å². The summed E-state index contributed by atoms with van der Waals surface area (Å²) in [5.41, 5.74) is 0.636. The quantitative estimate of drug-likeness (QED) is 0.782. The Kier molecular flexibility index (Phi) is 3.26. The van der Waals surface area contributed by atoms with E-state index in [4.69, 9.17) is 0 Å². The summed E-state index contributed by atoms with van der Waals surface area (Å²) in [6.07, 6.45) is 0.736. The highest BCUT2D eigenvalue weighted by atomic mass is 32.2. The van der Waals surface area contributed by atoms with Gasteiger partial charge in [-0.05, 0) is 31.3 Å². The number of rotatable bonds is 2. The first kappa shape index (κ1) is 11.9. The van der Waals surface area contributed by atoms with E-state index in [9.17, 15) is 9.66 Å². The molecule has 1 aromatic rings. The lowest BCUT2D eigenvalue weighted by Crippen LogP contribution is -2.49. The van der Waals surface area contributed by atoms with Gasteiger partial charge in [0.2, 0.25) is 0 Å². The molecule has 88 valence electrons. The van der Waals surface area contributed by atoms with Crippen molar-refractivity contribution >= 4 is 11.2 Å². The number of aliphatic hydroxyl groups excluding tert-OH is 1. The van der Waals surface area contributed by atoms with E-state index < -0.39 is 11.2 Å². The lowest BCUT2D eigenvalue weighted by Gasteiger charge is -2.42. The molecule has 1 N–H and O–H groups in total. The SMILES string of the molecule is CN(C)C1(CO)CC[S+]([O-])c2ccccc21. The molecule has 0 radical (unpaired) electrons. The summed E-state index contributed by atoms with van der Waals surface area (Å²) >= 11 is -0.918. The van der Waals surface area contributed by atoms with Crippen molar-refractivity contribution in [3.8, 4) is 0 Å². The Morgan fingerprint density at radius 1 is 1.44 bits per heavy atom. The van der Waals surface area contributed by atoms with Crippen LogP contribution in [0.5, 0.6) is 0 Å². The Morgan fingerprint density at radius 2 is 2.12 bits per heavy atom. The molecule has 1 aliphatic rings. The van der Waals surface area contributed by atoms with Gasteiger partial charge in [-0.2, -0.15) is 0 Å². The summed E-state index contributed by atoms with van der Waals surface area (Å²) < 4.78 is 11.9. The highest BCUT2D eigenvalue weighted by molar-refractivity contribution is 7.91. The lowest BCUT2D eigenvalue weighted by molar-refractivity contribution is 0.0585. The molecular weight excluding hydrogens is 222 g/mol.